The van der Waals surface area contributed by atoms with Gasteiger partial charge in [0.1, 0.15) is 12.4 Å². The highest BCUT2D eigenvalue weighted by Gasteiger charge is 2.00. The quantitative estimate of drug-likeness (QED) is 0.739. The lowest BCUT2D eigenvalue weighted by Gasteiger charge is -2.09. The number of benzene rings is 1. The van der Waals surface area contributed by atoms with Crippen LogP contribution in [0.4, 0.5) is 0 Å². The Bertz CT molecular complexity index is 315. The molecule has 1 aromatic rings. The number of aryl methyl sites for hydroxylation is 1. The van der Waals surface area contributed by atoms with Crippen LogP contribution in [0.3, 0.4) is 0 Å². The molecule has 3 heteroatoms. The van der Waals surface area contributed by atoms with Crippen molar-refractivity contribution in [2.24, 2.45) is 0 Å². The molecule has 1 rings (SSSR count). The van der Waals surface area contributed by atoms with Crippen LogP contribution in [0, 0.1) is 6.92 Å². The first-order valence-electron chi connectivity index (χ1n) is 5.83. The van der Waals surface area contributed by atoms with Gasteiger partial charge >= 0.3 is 0 Å². The minimum Gasteiger partial charge on any atom is -0.491 e. The summed E-state index contributed by atoms with van der Waals surface area (Å²) in [5.74, 6) is 0.777. The highest BCUT2D eigenvalue weighted by molar-refractivity contribution is 6.32. The summed E-state index contributed by atoms with van der Waals surface area (Å²) >= 11 is 6.01. The molecule has 0 spiro atoms. The molecule has 16 heavy (non-hydrogen) atoms. The van der Waals surface area contributed by atoms with Crippen molar-refractivity contribution in [3.05, 3.63) is 28.8 Å². The van der Waals surface area contributed by atoms with E-state index in [0.717, 1.165) is 18.8 Å². The van der Waals surface area contributed by atoms with Crippen molar-refractivity contribution in [2.75, 3.05) is 19.7 Å². The van der Waals surface area contributed by atoms with Gasteiger partial charge in [-0.2, -0.15) is 0 Å². The molecule has 0 aliphatic heterocycles. The number of halogens is 1. The van der Waals surface area contributed by atoms with Gasteiger partial charge in [0.15, 0.2) is 0 Å². The standard InChI is InChI=1S/C13H20ClNO/c1-3-4-7-15-8-9-16-13-10-11(2)5-6-12(13)14/h5-6,10,15H,3-4,7-9H2,1-2H3. The van der Waals surface area contributed by atoms with E-state index in [-0.39, 0.29) is 0 Å². The second-order valence-corrected chi connectivity index (χ2v) is 4.29. The molecule has 1 N–H and O–H groups in total. The Labute approximate surface area is 103 Å². The first-order valence-corrected chi connectivity index (χ1v) is 6.21. The molecular weight excluding hydrogens is 222 g/mol. The van der Waals surface area contributed by atoms with E-state index in [1.165, 1.54) is 18.4 Å². The smallest absolute Gasteiger partial charge is 0.138 e. The first kappa shape index (κ1) is 13.3. The van der Waals surface area contributed by atoms with Crippen LogP contribution in [-0.4, -0.2) is 19.7 Å². The van der Waals surface area contributed by atoms with Gasteiger partial charge in [-0.3, -0.25) is 0 Å². The zero-order valence-electron chi connectivity index (χ0n) is 10.1. The maximum atomic E-state index is 6.01. The van der Waals surface area contributed by atoms with E-state index < -0.39 is 0 Å². The maximum Gasteiger partial charge on any atom is 0.138 e. The fourth-order valence-corrected chi connectivity index (χ4v) is 1.55. The van der Waals surface area contributed by atoms with Gasteiger partial charge in [0.2, 0.25) is 0 Å². The van der Waals surface area contributed by atoms with E-state index in [0.29, 0.717) is 11.6 Å². The minimum atomic E-state index is 0.660. The van der Waals surface area contributed by atoms with E-state index in [9.17, 15) is 0 Å². The Balaban J connectivity index is 2.23. The monoisotopic (exact) mass is 241 g/mol. The van der Waals surface area contributed by atoms with Crippen LogP contribution in [0.2, 0.25) is 5.02 Å². The van der Waals surface area contributed by atoms with Crippen molar-refractivity contribution in [1.29, 1.82) is 0 Å². The molecule has 90 valence electrons. The van der Waals surface area contributed by atoms with E-state index >= 15 is 0 Å². The van der Waals surface area contributed by atoms with E-state index in [4.69, 9.17) is 16.3 Å². The van der Waals surface area contributed by atoms with Crippen molar-refractivity contribution in [3.8, 4) is 5.75 Å². The molecular formula is C13H20ClNO. The molecule has 0 aliphatic carbocycles. The molecule has 0 bridgehead atoms. The third-order valence-corrected chi connectivity index (χ3v) is 2.64. The lowest BCUT2D eigenvalue weighted by molar-refractivity contribution is 0.314. The number of ether oxygens (including phenoxy) is 1. The summed E-state index contributed by atoms with van der Waals surface area (Å²) in [6.07, 6.45) is 2.43. The SMILES string of the molecule is CCCCNCCOc1cc(C)ccc1Cl. The average molecular weight is 242 g/mol. The van der Waals surface area contributed by atoms with Gasteiger partial charge in [0.25, 0.3) is 0 Å². The van der Waals surface area contributed by atoms with Crippen LogP contribution < -0.4 is 10.1 Å². The maximum absolute atomic E-state index is 6.01. The van der Waals surface area contributed by atoms with Gasteiger partial charge in [-0.1, -0.05) is 31.0 Å². The zero-order valence-corrected chi connectivity index (χ0v) is 10.8. The molecule has 0 saturated carbocycles. The number of hydrogen-bond acceptors (Lipinski definition) is 2. The summed E-state index contributed by atoms with van der Waals surface area (Å²) < 4.78 is 5.60. The van der Waals surface area contributed by atoms with Gasteiger partial charge in [-0.15, -0.1) is 0 Å². The van der Waals surface area contributed by atoms with E-state index in [1.807, 2.05) is 25.1 Å². The fraction of sp³-hybridized carbons (Fsp3) is 0.538. The summed E-state index contributed by atoms with van der Waals surface area (Å²) in [6.45, 7) is 6.80. The van der Waals surface area contributed by atoms with Crippen LogP contribution in [-0.2, 0) is 0 Å². The highest BCUT2D eigenvalue weighted by Crippen LogP contribution is 2.24. The van der Waals surface area contributed by atoms with Crippen LogP contribution >= 0.6 is 11.6 Å². The Kier molecular flexibility index (Phi) is 6.27. The number of rotatable bonds is 7. The Hall–Kier alpha value is -0.730. The Morgan fingerprint density at radius 2 is 2.12 bits per heavy atom. The van der Waals surface area contributed by atoms with Crippen LogP contribution in [0.1, 0.15) is 25.3 Å². The topological polar surface area (TPSA) is 21.3 Å². The van der Waals surface area contributed by atoms with Gasteiger partial charge in [-0.05, 0) is 37.6 Å². The third kappa shape index (κ3) is 4.86. The molecule has 0 aliphatic rings. The van der Waals surface area contributed by atoms with Crippen molar-refractivity contribution < 1.29 is 4.74 Å². The first-order chi connectivity index (χ1) is 7.74. The molecule has 0 saturated heterocycles. The largest absolute Gasteiger partial charge is 0.491 e. The van der Waals surface area contributed by atoms with Gasteiger partial charge in [0, 0.05) is 6.54 Å². The van der Waals surface area contributed by atoms with Crippen LogP contribution in [0.15, 0.2) is 18.2 Å². The van der Waals surface area contributed by atoms with Gasteiger partial charge in [0.05, 0.1) is 5.02 Å². The van der Waals surface area contributed by atoms with Crippen LogP contribution in [0.5, 0.6) is 5.75 Å². The number of unbranched alkanes of at least 4 members (excludes halogenated alkanes) is 1. The molecule has 0 atom stereocenters. The average Bonchev–Trinajstić information content (AvgIpc) is 2.28. The lowest BCUT2D eigenvalue weighted by atomic mass is 10.2. The third-order valence-electron chi connectivity index (χ3n) is 2.33. The molecule has 0 amide bonds. The number of hydrogen-bond donors (Lipinski definition) is 1. The van der Waals surface area contributed by atoms with Crippen molar-refractivity contribution >= 4 is 11.6 Å². The summed E-state index contributed by atoms with van der Waals surface area (Å²) in [4.78, 5) is 0. The zero-order chi connectivity index (χ0) is 11.8. The molecule has 0 heterocycles. The minimum absolute atomic E-state index is 0.660. The molecule has 0 fully saturated rings. The molecule has 0 aromatic heterocycles. The lowest BCUT2D eigenvalue weighted by Crippen LogP contribution is -2.22. The molecule has 1 aromatic carbocycles. The normalized spacial score (nSPS) is 10.4. The summed E-state index contributed by atoms with van der Waals surface area (Å²) in [7, 11) is 0. The summed E-state index contributed by atoms with van der Waals surface area (Å²) in [5, 5.41) is 4.00. The predicted molar refractivity (Wildman–Crippen MR) is 69.5 cm³/mol. The summed E-state index contributed by atoms with van der Waals surface area (Å²) in [6, 6.07) is 5.82. The number of nitrogens with one attached hydrogen (secondary N) is 1. The fourth-order valence-electron chi connectivity index (χ4n) is 1.38. The highest BCUT2D eigenvalue weighted by atomic mass is 35.5. The van der Waals surface area contributed by atoms with E-state index in [2.05, 4.69) is 12.2 Å². The molecule has 0 unspecified atom stereocenters. The van der Waals surface area contributed by atoms with Crippen LogP contribution in [0.25, 0.3) is 0 Å². The van der Waals surface area contributed by atoms with Crippen molar-refractivity contribution in [3.63, 3.8) is 0 Å². The van der Waals surface area contributed by atoms with Crippen molar-refractivity contribution in [1.82, 2.24) is 5.32 Å². The molecule has 0 radical (unpaired) electrons. The Morgan fingerprint density at radius 3 is 2.88 bits per heavy atom. The molecule has 2 nitrogen and oxygen atoms in total. The van der Waals surface area contributed by atoms with Crippen molar-refractivity contribution in [2.45, 2.75) is 26.7 Å². The summed E-state index contributed by atoms with van der Waals surface area (Å²) in [5.41, 5.74) is 1.17. The second kappa shape index (κ2) is 7.53. The second-order valence-electron chi connectivity index (χ2n) is 3.89. The predicted octanol–water partition coefficient (Wildman–Crippen LogP) is 3.42. The Morgan fingerprint density at radius 1 is 1.31 bits per heavy atom. The van der Waals surface area contributed by atoms with Gasteiger partial charge < -0.3 is 10.1 Å². The van der Waals surface area contributed by atoms with Gasteiger partial charge in [-0.25, -0.2) is 0 Å². The van der Waals surface area contributed by atoms with E-state index in [1.54, 1.807) is 0 Å².